The molecule has 4 nitrogen and oxygen atoms in total. The number of carbonyl (C=O) groups excluding carboxylic acids is 1. The maximum Gasteiger partial charge on any atom is 0.234 e. The molecule has 5 heteroatoms. The molecule has 0 aliphatic carbocycles. The van der Waals surface area contributed by atoms with Crippen LogP contribution in [0, 0.1) is 0 Å². The Bertz CT molecular complexity index is 823. The molecule has 0 saturated carbocycles. The Hall–Kier alpha value is -2.11. The summed E-state index contributed by atoms with van der Waals surface area (Å²) in [5, 5.41) is 6.25. The highest BCUT2D eigenvalue weighted by molar-refractivity contribution is 7.10. The summed E-state index contributed by atoms with van der Waals surface area (Å²) in [6.07, 6.45) is 2.28. The van der Waals surface area contributed by atoms with Gasteiger partial charge < -0.3 is 9.73 Å². The molecule has 0 radical (unpaired) electrons. The third kappa shape index (κ3) is 3.48. The smallest absolute Gasteiger partial charge is 0.234 e. The molecule has 2 atom stereocenters. The van der Waals surface area contributed by atoms with E-state index in [-0.39, 0.29) is 11.9 Å². The Kier molecular flexibility index (Phi) is 4.59. The first-order chi connectivity index (χ1) is 12.2. The number of likely N-dealkylation sites (tertiary alicyclic amines) is 1. The summed E-state index contributed by atoms with van der Waals surface area (Å²) in [5.41, 5.74) is 0.857. The molecule has 1 aromatic carbocycles. The van der Waals surface area contributed by atoms with E-state index in [1.807, 2.05) is 37.3 Å². The van der Waals surface area contributed by atoms with Gasteiger partial charge in [-0.15, -0.1) is 11.3 Å². The normalized spacial score (nSPS) is 19.3. The summed E-state index contributed by atoms with van der Waals surface area (Å²) >= 11 is 1.78. The number of hydrogen-bond acceptors (Lipinski definition) is 4. The molecule has 1 N–H and O–H groups in total. The van der Waals surface area contributed by atoms with Crippen molar-refractivity contribution in [3.63, 3.8) is 0 Å². The molecule has 1 saturated heterocycles. The van der Waals surface area contributed by atoms with Crippen LogP contribution in [0.1, 0.15) is 42.5 Å². The number of para-hydroxylation sites is 1. The molecule has 3 aromatic rings. The average Bonchev–Trinajstić information content (AvgIpc) is 3.34. The predicted octanol–water partition coefficient (Wildman–Crippen LogP) is 4.51. The summed E-state index contributed by atoms with van der Waals surface area (Å²) in [5.74, 6) is 0.849. The summed E-state index contributed by atoms with van der Waals surface area (Å²) < 4.78 is 5.85. The quantitative estimate of drug-likeness (QED) is 0.733. The third-order valence-electron chi connectivity index (χ3n) is 4.83. The van der Waals surface area contributed by atoms with Crippen molar-refractivity contribution in [1.82, 2.24) is 10.2 Å². The highest BCUT2D eigenvalue weighted by atomic mass is 32.1. The topological polar surface area (TPSA) is 45.5 Å². The van der Waals surface area contributed by atoms with Gasteiger partial charge in [-0.05, 0) is 49.9 Å². The molecular weight excluding hydrogens is 332 g/mol. The molecule has 25 heavy (non-hydrogen) atoms. The van der Waals surface area contributed by atoms with Crippen LogP contribution in [0.15, 0.2) is 52.3 Å². The largest absolute Gasteiger partial charge is 0.459 e. The Morgan fingerprint density at radius 2 is 2.24 bits per heavy atom. The lowest BCUT2D eigenvalue weighted by Gasteiger charge is -2.23. The molecule has 130 valence electrons. The Balaban J connectivity index is 1.39. The lowest BCUT2D eigenvalue weighted by atomic mass is 10.2. The number of nitrogens with zero attached hydrogens (tertiary/aromatic N) is 1. The third-order valence-corrected chi connectivity index (χ3v) is 5.80. The Labute approximate surface area is 151 Å². The molecule has 1 aliphatic heterocycles. The van der Waals surface area contributed by atoms with Crippen molar-refractivity contribution in [2.45, 2.75) is 31.8 Å². The number of amides is 1. The monoisotopic (exact) mass is 354 g/mol. The van der Waals surface area contributed by atoms with Gasteiger partial charge in [-0.1, -0.05) is 24.3 Å². The van der Waals surface area contributed by atoms with Gasteiger partial charge in [0.15, 0.2) is 0 Å². The summed E-state index contributed by atoms with van der Waals surface area (Å²) in [4.78, 5) is 16.2. The Morgan fingerprint density at radius 3 is 3.04 bits per heavy atom. The van der Waals surface area contributed by atoms with E-state index in [9.17, 15) is 4.79 Å². The van der Waals surface area contributed by atoms with Gasteiger partial charge in [-0.25, -0.2) is 0 Å². The van der Waals surface area contributed by atoms with Crippen LogP contribution in [0.3, 0.4) is 0 Å². The maximum atomic E-state index is 12.5. The molecule has 2 aromatic heterocycles. The summed E-state index contributed by atoms with van der Waals surface area (Å²) in [6.45, 7) is 3.39. The first-order valence-electron chi connectivity index (χ1n) is 8.76. The number of benzene rings is 1. The zero-order valence-electron chi connectivity index (χ0n) is 14.3. The fourth-order valence-corrected chi connectivity index (χ4v) is 4.47. The Morgan fingerprint density at radius 1 is 1.36 bits per heavy atom. The van der Waals surface area contributed by atoms with Crippen molar-refractivity contribution < 1.29 is 9.21 Å². The number of furan rings is 1. The van der Waals surface area contributed by atoms with Gasteiger partial charge in [0.25, 0.3) is 0 Å². The highest BCUT2D eigenvalue weighted by Crippen LogP contribution is 2.34. The first-order valence-corrected chi connectivity index (χ1v) is 9.64. The SMILES string of the molecule is C[C@H](NC(=O)CN1CCC[C@@H]1c1cccs1)c1cc2ccccc2o1. The zero-order valence-corrected chi connectivity index (χ0v) is 15.1. The molecule has 1 aliphatic rings. The van der Waals surface area contributed by atoms with Crippen LogP contribution < -0.4 is 5.32 Å². The van der Waals surface area contributed by atoms with Gasteiger partial charge in [-0.3, -0.25) is 9.69 Å². The van der Waals surface area contributed by atoms with Crippen molar-refractivity contribution in [1.29, 1.82) is 0 Å². The standard InChI is InChI=1S/C20H22N2O2S/c1-14(18-12-15-6-2-3-8-17(15)24-18)21-20(23)13-22-10-4-7-16(22)19-9-5-11-25-19/h2-3,5-6,8-9,11-12,14,16H,4,7,10,13H2,1H3,(H,21,23)/t14-,16+/m0/s1. The number of thiophene rings is 1. The molecule has 3 heterocycles. The van der Waals surface area contributed by atoms with Crippen molar-refractivity contribution in [3.05, 3.63) is 58.5 Å². The lowest BCUT2D eigenvalue weighted by Crippen LogP contribution is -2.37. The second-order valence-electron chi connectivity index (χ2n) is 6.62. The highest BCUT2D eigenvalue weighted by Gasteiger charge is 2.28. The molecule has 1 amide bonds. The number of rotatable bonds is 5. The molecular formula is C20H22N2O2S. The maximum absolute atomic E-state index is 12.5. The van der Waals surface area contributed by atoms with Gasteiger partial charge in [-0.2, -0.15) is 0 Å². The molecule has 0 spiro atoms. The average molecular weight is 354 g/mol. The minimum Gasteiger partial charge on any atom is -0.459 e. The van der Waals surface area contributed by atoms with Crippen molar-refractivity contribution >= 4 is 28.2 Å². The molecule has 1 fully saturated rings. The second kappa shape index (κ2) is 7.02. The minimum atomic E-state index is -0.136. The lowest BCUT2D eigenvalue weighted by molar-refractivity contribution is -0.123. The van der Waals surface area contributed by atoms with Crippen LogP contribution in [-0.2, 0) is 4.79 Å². The number of nitrogens with one attached hydrogen (secondary N) is 1. The summed E-state index contributed by atoms with van der Waals surface area (Å²) in [6, 6.07) is 14.4. The van der Waals surface area contributed by atoms with Crippen LogP contribution in [0.25, 0.3) is 11.0 Å². The van der Waals surface area contributed by atoms with Gasteiger partial charge in [0.1, 0.15) is 11.3 Å². The number of fused-ring (bicyclic) bond motifs is 1. The van der Waals surface area contributed by atoms with E-state index in [0.717, 1.165) is 36.1 Å². The minimum absolute atomic E-state index is 0.0522. The van der Waals surface area contributed by atoms with Gasteiger partial charge in [0.05, 0.1) is 12.6 Å². The van der Waals surface area contributed by atoms with E-state index in [2.05, 4.69) is 27.7 Å². The first kappa shape index (κ1) is 16.4. The van der Waals surface area contributed by atoms with Crippen LogP contribution >= 0.6 is 11.3 Å². The summed E-state index contributed by atoms with van der Waals surface area (Å²) in [7, 11) is 0. The van der Waals surface area contributed by atoms with Crippen LogP contribution in [0.4, 0.5) is 0 Å². The fraction of sp³-hybridized carbons (Fsp3) is 0.350. The van der Waals surface area contributed by atoms with Crippen LogP contribution in [0.5, 0.6) is 0 Å². The molecule has 4 rings (SSSR count). The molecule has 0 bridgehead atoms. The number of carbonyl (C=O) groups is 1. The van der Waals surface area contributed by atoms with E-state index in [4.69, 9.17) is 4.42 Å². The van der Waals surface area contributed by atoms with Gasteiger partial charge >= 0.3 is 0 Å². The molecule has 0 unspecified atom stereocenters. The fourth-order valence-electron chi connectivity index (χ4n) is 3.58. The van der Waals surface area contributed by atoms with Crippen molar-refractivity contribution in [2.75, 3.05) is 13.1 Å². The number of hydrogen-bond donors (Lipinski definition) is 1. The van der Waals surface area contributed by atoms with Crippen molar-refractivity contribution in [2.24, 2.45) is 0 Å². The van der Waals surface area contributed by atoms with E-state index < -0.39 is 0 Å². The van der Waals surface area contributed by atoms with Crippen molar-refractivity contribution in [3.8, 4) is 0 Å². The van der Waals surface area contributed by atoms with Gasteiger partial charge in [0, 0.05) is 16.3 Å². The van der Waals surface area contributed by atoms with E-state index in [1.54, 1.807) is 11.3 Å². The van der Waals surface area contributed by atoms with E-state index >= 15 is 0 Å². The van der Waals surface area contributed by atoms with Gasteiger partial charge in [0.2, 0.25) is 5.91 Å². The predicted molar refractivity (Wildman–Crippen MR) is 101 cm³/mol. The van der Waals surface area contributed by atoms with E-state index in [1.165, 1.54) is 4.88 Å². The second-order valence-corrected chi connectivity index (χ2v) is 7.60. The van der Waals surface area contributed by atoms with E-state index in [0.29, 0.717) is 12.6 Å². The van der Waals surface area contributed by atoms with Crippen LogP contribution in [0.2, 0.25) is 0 Å². The van der Waals surface area contributed by atoms with Crippen LogP contribution in [-0.4, -0.2) is 23.9 Å². The zero-order chi connectivity index (χ0) is 17.2.